The Bertz CT molecular complexity index is 346. The van der Waals surface area contributed by atoms with Crippen LogP contribution in [0.3, 0.4) is 0 Å². The van der Waals surface area contributed by atoms with Crippen molar-refractivity contribution in [2.45, 2.75) is 12.5 Å². The molecule has 0 saturated heterocycles. The summed E-state index contributed by atoms with van der Waals surface area (Å²) in [6, 6.07) is 2.72. The molecule has 0 aliphatic carbocycles. The zero-order chi connectivity index (χ0) is 9.84. The molecular formula is C8H7F2N3. The summed E-state index contributed by atoms with van der Waals surface area (Å²) in [5.41, 5.74) is 5.18. The topological polar surface area (TPSA) is 62.7 Å². The van der Waals surface area contributed by atoms with Crippen LogP contribution in [0.4, 0.5) is 8.78 Å². The smallest absolute Gasteiger partial charge is 0.213 e. The number of pyridine rings is 1. The van der Waals surface area contributed by atoms with Crippen molar-refractivity contribution in [2.75, 3.05) is 0 Å². The molecule has 3 nitrogen and oxygen atoms in total. The average Bonchev–Trinajstić information content (AvgIpc) is 2.09. The molecule has 1 atom stereocenters. The first-order valence-corrected chi connectivity index (χ1v) is 3.59. The first-order valence-electron chi connectivity index (χ1n) is 3.59. The molecule has 0 spiro atoms. The Kier molecular flexibility index (Phi) is 2.88. The zero-order valence-corrected chi connectivity index (χ0v) is 6.67. The first-order chi connectivity index (χ1) is 6.15. The van der Waals surface area contributed by atoms with E-state index in [9.17, 15) is 8.78 Å². The van der Waals surface area contributed by atoms with Gasteiger partial charge in [-0.05, 0) is 12.1 Å². The number of nitriles is 1. The Morgan fingerprint density at radius 1 is 1.54 bits per heavy atom. The van der Waals surface area contributed by atoms with E-state index >= 15 is 0 Å². The summed E-state index contributed by atoms with van der Waals surface area (Å²) < 4.78 is 25.5. The fourth-order valence-electron chi connectivity index (χ4n) is 0.888. The highest BCUT2D eigenvalue weighted by Gasteiger charge is 2.13. The Balaban J connectivity index is 3.00. The third-order valence-corrected chi connectivity index (χ3v) is 1.50. The largest absolute Gasteiger partial charge is 0.322 e. The van der Waals surface area contributed by atoms with Crippen LogP contribution in [0, 0.1) is 23.1 Å². The van der Waals surface area contributed by atoms with E-state index in [0.29, 0.717) is 0 Å². The van der Waals surface area contributed by atoms with Gasteiger partial charge in [0.15, 0.2) is 0 Å². The van der Waals surface area contributed by atoms with Crippen LogP contribution in [-0.2, 0) is 0 Å². The van der Waals surface area contributed by atoms with Crippen molar-refractivity contribution in [3.8, 4) is 6.07 Å². The van der Waals surface area contributed by atoms with Crippen LogP contribution in [0.25, 0.3) is 0 Å². The lowest BCUT2D eigenvalue weighted by molar-refractivity contribution is 0.521. The van der Waals surface area contributed by atoms with E-state index in [1.165, 1.54) is 0 Å². The van der Waals surface area contributed by atoms with Crippen LogP contribution in [-0.4, -0.2) is 4.98 Å². The van der Waals surface area contributed by atoms with Crippen molar-refractivity contribution < 1.29 is 8.78 Å². The fourth-order valence-corrected chi connectivity index (χ4v) is 0.888. The van der Waals surface area contributed by atoms with Gasteiger partial charge in [-0.2, -0.15) is 9.65 Å². The van der Waals surface area contributed by atoms with Crippen molar-refractivity contribution in [3.05, 3.63) is 29.6 Å². The van der Waals surface area contributed by atoms with Gasteiger partial charge in [0.05, 0.1) is 24.2 Å². The molecule has 5 heteroatoms. The van der Waals surface area contributed by atoms with E-state index in [0.717, 1.165) is 12.1 Å². The maximum atomic E-state index is 12.9. The van der Waals surface area contributed by atoms with E-state index in [-0.39, 0.29) is 12.1 Å². The molecule has 0 amide bonds. The molecule has 0 bridgehead atoms. The molecule has 0 radical (unpaired) electrons. The van der Waals surface area contributed by atoms with Crippen molar-refractivity contribution in [3.63, 3.8) is 0 Å². The number of nitrogens with two attached hydrogens (primary N) is 1. The minimum atomic E-state index is -0.874. The number of hydrogen-bond acceptors (Lipinski definition) is 3. The third-order valence-electron chi connectivity index (χ3n) is 1.50. The van der Waals surface area contributed by atoms with E-state index in [2.05, 4.69) is 4.98 Å². The molecule has 1 aromatic heterocycles. The highest BCUT2D eigenvalue weighted by molar-refractivity contribution is 5.13. The van der Waals surface area contributed by atoms with Gasteiger partial charge in [-0.1, -0.05) is 0 Å². The summed E-state index contributed by atoms with van der Waals surface area (Å²) in [4.78, 5) is 3.27. The molecule has 0 aliphatic rings. The molecular weight excluding hydrogens is 176 g/mol. The van der Waals surface area contributed by atoms with Crippen LogP contribution in [0.1, 0.15) is 18.2 Å². The summed E-state index contributed by atoms with van der Waals surface area (Å²) in [5, 5.41) is 8.28. The van der Waals surface area contributed by atoms with Gasteiger partial charge in [0.25, 0.3) is 0 Å². The van der Waals surface area contributed by atoms with Crippen LogP contribution >= 0.6 is 0 Å². The van der Waals surface area contributed by atoms with Gasteiger partial charge < -0.3 is 5.73 Å². The molecule has 1 rings (SSSR count). The second-order valence-corrected chi connectivity index (χ2v) is 2.47. The molecule has 0 saturated carbocycles. The monoisotopic (exact) mass is 183 g/mol. The summed E-state index contributed by atoms with van der Waals surface area (Å²) in [7, 11) is 0. The summed E-state index contributed by atoms with van der Waals surface area (Å²) >= 11 is 0. The first kappa shape index (κ1) is 9.55. The summed E-state index contributed by atoms with van der Waals surface area (Å²) in [5.74, 6) is -1.49. The molecule has 13 heavy (non-hydrogen) atoms. The number of aromatic nitrogens is 1. The molecule has 68 valence electrons. The Morgan fingerprint density at radius 3 is 2.85 bits per heavy atom. The second-order valence-electron chi connectivity index (χ2n) is 2.47. The maximum absolute atomic E-state index is 12.9. The van der Waals surface area contributed by atoms with Gasteiger partial charge in [0.1, 0.15) is 5.82 Å². The lowest BCUT2D eigenvalue weighted by Crippen LogP contribution is -2.14. The van der Waals surface area contributed by atoms with E-state index in [4.69, 9.17) is 11.0 Å². The zero-order valence-electron chi connectivity index (χ0n) is 6.67. The number of nitrogens with zero attached hydrogens (tertiary/aromatic N) is 2. The lowest BCUT2D eigenvalue weighted by atomic mass is 10.1. The van der Waals surface area contributed by atoms with Crippen LogP contribution in [0.15, 0.2) is 12.1 Å². The van der Waals surface area contributed by atoms with Gasteiger partial charge in [-0.25, -0.2) is 9.37 Å². The van der Waals surface area contributed by atoms with Gasteiger partial charge in [-0.15, -0.1) is 0 Å². The van der Waals surface area contributed by atoms with Gasteiger partial charge in [-0.3, -0.25) is 0 Å². The molecule has 0 fully saturated rings. The van der Waals surface area contributed by atoms with E-state index in [1.54, 1.807) is 6.07 Å². The molecule has 0 aliphatic heterocycles. The minimum absolute atomic E-state index is 0.0899. The quantitative estimate of drug-likeness (QED) is 0.702. The predicted molar refractivity (Wildman–Crippen MR) is 41.3 cm³/mol. The SMILES string of the molecule is N#CCC(N)c1nc(F)ccc1F. The minimum Gasteiger partial charge on any atom is -0.322 e. The number of rotatable bonds is 2. The van der Waals surface area contributed by atoms with Gasteiger partial charge in [0.2, 0.25) is 5.95 Å². The van der Waals surface area contributed by atoms with Crippen molar-refractivity contribution in [1.29, 1.82) is 5.26 Å². The van der Waals surface area contributed by atoms with Gasteiger partial charge in [0, 0.05) is 0 Å². The second kappa shape index (κ2) is 3.92. The predicted octanol–water partition coefficient (Wildman–Crippen LogP) is 1.27. The Morgan fingerprint density at radius 2 is 2.23 bits per heavy atom. The van der Waals surface area contributed by atoms with E-state index < -0.39 is 17.8 Å². The highest BCUT2D eigenvalue weighted by Crippen LogP contribution is 2.14. The van der Waals surface area contributed by atoms with E-state index in [1.807, 2.05) is 0 Å². The summed E-state index contributed by atoms with van der Waals surface area (Å²) in [6.45, 7) is 0. The standard InChI is InChI=1S/C8H7F2N3/c9-5-1-2-7(10)13-8(5)6(12)3-4-11/h1-2,6H,3,12H2. The fraction of sp³-hybridized carbons (Fsp3) is 0.250. The number of halogens is 2. The molecule has 2 N–H and O–H groups in total. The van der Waals surface area contributed by atoms with Crippen LogP contribution in [0.2, 0.25) is 0 Å². The van der Waals surface area contributed by atoms with Crippen molar-refractivity contribution >= 4 is 0 Å². The summed E-state index contributed by atoms with van der Waals surface area (Å²) in [6.07, 6.45) is -0.0899. The van der Waals surface area contributed by atoms with Crippen LogP contribution < -0.4 is 5.73 Å². The average molecular weight is 183 g/mol. The Labute approximate surface area is 73.8 Å². The molecule has 1 unspecified atom stereocenters. The van der Waals surface area contributed by atoms with Crippen molar-refractivity contribution in [2.24, 2.45) is 5.73 Å². The maximum Gasteiger partial charge on any atom is 0.213 e. The number of hydrogen-bond donors (Lipinski definition) is 1. The molecule has 1 heterocycles. The van der Waals surface area contributed by atoms with Crippen molar-refractivity contribution in [1.82, 2.24) is 4.98 Å². The highest BCUT2D eigenvalue weighted by atomic mass is 19.1. The Hall–Kier alpha value is -1.54. The lowest BCUT2D eigenvalue weighted by Gasteiger charge is -2.06. The third kappa shape index (κ3) is 2.20. The van der Waals surface area contributed by atoms with Crippen LogP contribution in [0.5, 0.6) is 0 Å². The molecule has 1 aromatic rings. The normalized spacial score (nSPS) is 12.2. The molecule has 0 aromatic carbocycles. The van der Waals surface area contributed by atoms with Gasteiger partial charge >= 0.3 is 0 Å².